The number of cyclic esters (lactones) is 1. The zero-order chi connectivity index (χ0) is 38.1. The summed E-state index contributed by atoms with van der Waals surface area (Å²) in [7, 11) is 3.32. The van der Waals surface area contributed by atoms with E-state index >= 15 is 0 Å². The lowest BCUT2D eigenvalue weighted by atomic mass is 9.77. The first-order valence-corrected chi connectivity index (χ1v) is 18.3. The molecule has 0 amide bonds. The third-order valence-electron chi connectivity index (χ3n) is 11.6. The first-order chi connectivity index (χ1) is 23.0. The molecule has 0 aliphatic carbocycles. The molecule has 3 fully saturated rings. The third-order valence-corrected chi connectivity index (χ3v) is 11.6. The van der Waals surface area contributed by atoms with E-state index in [1.54, 1.807) is 48.5 Å². The maximum Gasteiger partial charge on any atom is 0.311 e. The van der Waals surface area contributed by atoms with Crippen LogP contribution in [0.15, 0.2) is 0 Å². The van der Waals surface area contributed by atoms with E-state index in [-0.39, 0.29) is 31.3 Å². The highest BCUT2D eigenvalue weighted by molar-refractivity contribution is 5.73. The molecule has 18 atom stereocenters. The minimum atomic E-state index is -1.80. The van der Waals surface area contributed by atoms with Gasteiger partial charge in [-0.1, -0.05) is 20.8 Å². The third kappa shape index (κ3) is 9.55. The number of nitrogens with zero attached hydrogens (tertiary/aromatic N) is 1. The Morgan fingerprint density at radius 3 is 2.16 bits per heavy atom. The fourth-order valence-electron chi connectivity index (χ4n) is 8.28. The minimum absolute atomic E-state index is 0.123. The van der Waals surface area contributed by atoms with Gasteiger partial charge in [0.25, 0.3) is 0 Å². The Balaban J connectivity index is 2.16. The Kier molecular flexibility index (Phi) is 14.7. The van der Waals surface area contributed by atoms with Crippen molar-refractivity contribution >= 4 is 5.97 Å². The Morgan fingerprint density at radius 1 is 0.960 bits per heavy atom. The zero-order valence-electron chi connectivity index (χ0n) is 32.3. The SMILES string of the molecule is CC[C@H]1OC(=O)[C@H](C)[C@@H](O[C@@H]2C[C@](C)(OC)[C@H](O)[C@H](C)O2)[C@H](C)[C@@H](O[C@@H]2O[C@H](C)C[C@@H](N)[C@H]2O)[C@](C)(O)C[C@@H](C)CN(C)[C@H](C)[C@@H](O)[C@]1(C)O. The standard InChI is InChI=1S/C36H68N2O12/c1-13-25-36(10,44)29(40)22(6)38(11)17-18(2)15-34(8,43)31(50-33-27(39)24(37)14-19(3)46-33)20(4)28(21(5)32(42)48-25)49-26-16-35(9,45-12)30(41)23(7)47-26/h18-31,33,39-41,43-44H,13-17,37H2,1-12H3/t18-,19-,20+,21-,22-,23+,24-,25-,26-,27-,28+,29-,30-,31-,33+,34-,35+,36-/m1/s1. The van der Waals surface area contributed by atoms with Crippen LogP contribution in [0.5, 0.6) is 0 Å². The fourth-order valence-corrected chi connectivity index (χ4v) is 8.28. The number of aliphatic hydroxyl groups is 5. The molecule has 50 heavy (non-hydrogen) atoms. The quantitative estimate of drug-likeness (QED) is 0.214. The van der Waals surface area contributed by atoms with Crippen LogP contribution in [-0.2, 0) is 33.2 Å². The molecule has 7 N–H and O–H groups in total. The average molecular weight is 721 g/mol. The van der Waals surface area contributed by atoms with E-state index in [0.717, 1.165) is 0 Å². The molecule has 0 bridgehead atoms. The van der Waals surface area contributed by atoms with E-state index in [1.807, 2.05) is 25.8 Å². The molecule has 0 spiro atoms. The summed E-state index contributed by atoms with van der Waals surface area (Å²) in [5, 5.41) is 57.4. The number of methoxy groups -OCH3 is 1. The van der Waals surface area contributed by atoms with Gasteiger partial charge in [0.1, 0.15) is 30.0 Å². The van der Waals surface area contributed by atoms with Gasteiger partial charge in [0, 0.05) is 38.1 Å². The highest BCUT2D eigenvalue weighted by Gasteiger charge is 2.52. The molecule has 0 unspecified atom stereocenters. The molecule has 0 saturated carbocycles. The van der Waals surface area contributed by atoms with Gasteiger partial charge >= 0.3 is 5.97 Å². The lowest BCUT2D eigenvalue weighted by molar-refractivity contribution is -0.315. The summed E-state index contributed by atoms with van der Waals surface area (Å²) in [5.41, 5.74) is 1.86. The number of aliphatic hydroxyl groups excluding tert-OH is 3. The largest absolute Gasteiger partial charge is 0.459 e. The second-order valence-corrected chi connectivity index (χ2v) is 16.3. The molecule has 3 saturated heterocycles. The van der Waals surface area contributed by atoms with Crippen molar-refractivity contribution in [1.29, 1.82) is 0 Å². The highest BCUT2D eigenvalue weighted by atomic mass is 16.7. The summed E-state index contributed by atoms with van der Waals surface area (Å²) >= 11 is 0. The van der Waals surface area contributed by atoms with Crippen molar-refractivity contribution in [3.63, 3.8) is 0 Å². The summed E-state index contributed by atoms with van der Waals surface area (Å²) in [5.74, 6) is -2.64. The second kappa shape index (κ2) is 17.0. The summed E-state index contributed by atoms with van der Waals surface area (Å²) in [6, 6.07) is -1.17. The maximum atomic E-state index is 14.1. The zero-order valence-corrected chi connectivity index (χ0v) is 32.3. The van der Waals surface area contributed by atoms with Crippen molar-refractivity contribution in [3.8, 4) is 0 Å². The van der Waals surface area contributed by atoms with E-state index in [9.17, 15) is 30.3 Å². The van der Waals surface area contributed by atoms with Gasteiger partial charge in [0.2, 0.25) is 0 Å². The van der Waals surface area contributed by atoms with Crippen LogP contribution in [0.1, 0.15) is 94.9 Å². The van der Waals surface area contributed by atoms with Crippen LogP contribution < -0.4 is 5.73 Å². The number of likely N-dealkylation sites (N-methyl/N-ethyl adjacent to an activating group) is 1. The van der Waals surface area contributed by atoms with Gasteiger partial charge in [-0.2, -0.15) is 0 Å². The number of nitrogens with two attached hydrogens (primary N) is 1. The van der Waals surface area contributed by atoms with E-state index < -0.39 is 102 Å². The number of ether oxygens (including phenoxy) is 6. The molecule has 3 rings (SSSR count). The maximum absolute atomic E-state index is 14.1. The van der Waals surface area contributed by atoms with Gasteiger partial charge in [-0.15, -0.1) is 0 Å². The lowest BCUT2D eigenvalue weighted by Gasteiger charge is -2.48. The van der Waals surface area contributed by atoms with Crippen molar-refractivity contribution in [3.05, 3.63) is 0 Å². The van der Waals surface area contributed by atoms with Gasteiger partial charge in [-0.3, -0.25) is 4.79 Å². The van der Waals surface area contributed by atoms with Gasteiger partial charge in [-0.25, -0.2) is 0 Å². The van der Waals surface area contributed by atoms with E-state index in [0.29, 0.717) is 13.0 Å². The van der Waals surface area contributed by atoms with Crippen molar-refractivity contribution in [2.75, 3.05) is 20.7 Å². The topological polar surface area (TPSA) is 203 Å². The van der Waals surface area contributed by atoms with E-state index in [2.05, 4.69) is 0 Å². The summed E-state index contributed by atoms with van der Waals surface area (Å²) < 4.78 is 37.0. The van der Waals surface area contributed by atoms with Crippen LogP contribution in [-0.4, -0.2) is 147 Å². The second-order valence-electron chi connectivity index (χ2n) is 16.3. The Labute approximate surface area is 298 Å². The molecule has 14 nitrogen and oxygen atoms in total. The highest BCUT2D eigenvalue weighted by Crippen LogP contribution is 2.40. The smallest absolute Gasteiger partial charge is 0.311 e. The fraction of sp³-hybridized carbons (Fsp3) is 0.972. The van der Waals surface area contributed by atoms with Crippen molar-refractivity contribution in [2.24, 2.45) is 23.5 Å². The van der Waals surface area contributed by atoms with Crippen LogP contribution in [0.3, 0.4) is 0 Å². The lowest BCUT2D eigenvalue weighted by Crippen LogP contribution is -2.60. The number of carbonyl (C=O) groups excluding carboxylic acids is 1. The molecule has 0 aromatic carbocycles. The summed E-state index contributed by atoms with van der Waals surface area (Å²) in [4.78, 5) is 16.0. The predicted octanol–water partition coefficient (Wildman–Crippen LogP) is 1.30. The molecule has 0 aromatic heterocycles. The van der Waals surface area contributed by atoms with Crippen LogP contribution in [0.25, 0.3) is 0 Å². The number of hydrogen-bond donors (Lipinski definition) is 6. The Morgan fingerprint density at radius 2 is 1.58 bits per heavy atom. The first-order valence-electron chi connectivity index (χ1n) is 18.3. The molecule has 14 heteroatoms. The molecule has 294 valence electrons. The number of carbonyl (C=O) groups is 1. The molecular formula is C36H68N2O12. The molecular weight excluding hydrogens is 652 g/mol. The molecule has 3 aliphatic rings. The van der Waals surface area contributed by atoms with Gasteiger partial charge in [0.15, 0.2) is 12.6 Å². The molecule has 0 aromatic rings. The van der Waals surface area contributed by atoms with Crippen molar-refractivity contribution in [2.45, 2.75) is 185 Å². The van der Waals surface area contributed by atoms with Gasteiger partial charge < -0.3 is 64.6 Å². The monoisotopic (exact) mass is 720 g/mol. The number of esters is 1. The predicted molar refractivity (Wildman–Crippen MR) is 185 cm³/mol. The van der Waals surface area contributed by atoms with Crippen LogP contribution in [0.4, 0.5) is 0 Å². The van der Waals surface area contributed by atoms with Gasteiger partial charge in [0.05, 0.1) is 41.5 Å². The van der Waals surface area contributed by atoms with Crippen molar-refractivity contribution < 1.29 is 58.7 Å². The first kappa shape index (κ1) is 43.4. The van der Waals surface area contributed by atoms with Crippen LogP contribution >= 0.6 is 0 Å². The van der Waals surface area contributed by atoms with E-state index in [4.69, 9.17) is 34.2 Å². The van der Waals surface area contributed by atoms with Crippen LogP contribution in [0, 0.1) is 17.8 Å². The average Bonchev–Trinajstić information content (AvgIpc) is 3.03. The molecule has 3 aliphatic heterocycles. The van der Waals surface area contributed by atoms with Gasteiger partial charge in [-0.05, 0) is 80.7 Å². The van der Waals surface area contributed by atoms with E-state index in [1.165, 1.54) is 14.0 Å². The van der Waals surface area contributed by atoms with Crippen molar-refractivity contribution in [1.82, 2.24) is 4.90 Å². The molecule has 0 radical (unpaired) electrons. The minimum Gasteiger partial charge on any atom is -0.459 e. The Hall–Kier alpha value is -1.01. The summed E-state index contributed by atoms with van der Waals surface area (Å²) in [6.07, 6.45) is -8.74. The normalized spacial score (nSPS) is 51.0. The summed E-state index contributed by atoms with van der Waals surface area (Å²) in [6.45, 7) is 17.8. The number of rotatable bonds is 6. The van der Waals surface area contributed by atoms with Crippen LogP contribution in [0.2, 0.25) is 0 Å². The number of hydrogen-bond acceptors (Lipinski definition) is 14. The molecule has 3 heterocycles. The Bertz CT molecular complexity index is 1100.